The van der Waals surface area contributed by atoms with Gasteiger partial charge in [0, 0.05) is 17.8 Å². The summed E-state index contributed by atoms with van der Waals surface area (Å²) in [6.45, 7) is 0.872. The zero-order valence-electron chi connectivity index (χ0n) is 15.3. The molecule has 2 atom stereocenters. The van der Waals surface area contributed by atoms with Crippen LogP contribution in [0.5, 0.6) is 0 Å². The molecular weight excluding hydrogens is 425 g/mol. The van der Waals surface area contributed by atoms with E-state index in [4.69, 9.17) is 5.73 Å². The second-order valence-corrected chi connectivity index (χ2v) is 7.79. The van der Waals surface area contributed by atoms with Crippen LogP contribution in [0.15, 0.2) is 35.7 Å². The normalized spacial score (nSPS) is 19.8. The molecule has 156 valence electrons. The number of halogens is 4. The maximum absolute atomic E-state index is 13.0. The number of benzene rings is 1. The summed E-state index contributed by atoms with van der Waals surface area (Å²) >= 11 is 1.49. The van der Waals surface area contributed by atoms with Gasteiger partial charge in [-0.3, -0.25) is 4.79 Å². The predicted molar refractivity (Wildman–Crippen MR) is 107 cm³/mol. The first-order chi connectivity index (χ1) is 13.2. The van der Waals surface area contributed by atoms with Gasteiger partial charge in [-0.15, -0.1) is 23.7 Å². The van der Waals surface area contributed by atoms with Crippen LogP contribution in [0.25, 0.3) is 0 Å². The van der Waals surface area contributed by atoms with Gasteiger partial charge >= 0.3 is 6.18 Å². The Hall–Kier alpha value is -2.12. The van der Waals surface area contributed by atoms with Crippen LogP contribution in [0.4, 0.5) is 13.2 Å². The van der Waals surface area contributed by atoms with Gasteiger partial charge in [-0.2, -0.15) is 18.4 Å². The number of carbonyl (C=O) groups excluding carboxylic acids is 1. The van der Waals surface area contributed by atoms with Crippen LogP contribution < -0.4 is 16.4 Å². The second kappa shape index (κ2) is 9.13. The number of amides is 1. The van der Waals surface area contributed by atoms with Crippen molar-refractivity contribution >= 4 is 29.7 Å². The third-order valence-corrected chi connectivity index (χ3v) is 5.74. The van der Waals surface area contributed by atoms with Crippen molar-refractivity contribution < 1.29 is 18.0 Å². The Labute approximate surface area is 176 Å². The summed E-state index contributed by atoms with van der Waals surface area (Å²) in [7, 11) is 0. The molecule has 0 unspecified atom stereocenters. The van der Waals surface area contributed by atoms with Gasteiger partial charge in [-0.1, -0.05) is 12.1 Å². The molecule has 3 rings (SSSR count). The van der Waals surface area contributed by atoms with E-state index in [1.165, 1.54) is 17.4 Å². The number of rotatable bonds is 5. The topological polar surface area (TPSA) is 90.9 Å². The van der Waals surface area contributed by atoms with Crippen LogP contribution in [0.2, 0.25) is 0 Å². The maximum Gasteiger partial charge on any atom is 0.416 e. The number of nitriles is 1. The highest BCUT2D eigenvalue weighted by Crippen LogP contribution is 2.35. The Morgan fingerprint density at radius 1 is 1.41 bits per heavy atom. The lowest BCUT2D eigenvalue weighted by atomic mass is 9.84. The van der Waals surface area contributed by atoms with E-state index in [1.807, 2.05) is 23.6 Å². The quantitative estimate of drug-likeness (QED) is 0.661. The molecule has 0 bridgehead atoms. The number of nitrogens with one attached hydrogen (secondary N) is 2. The van der Waals surface area contributed by atoms with Crippen molar-refractivity contribution in [2.24, 2.45) is 5.73 Å². The molecule has 29 heavy (non-hydrogen) atoms. The van der Waals surface area contributed by atoms with Crippen molar-refractivity contribution in [3.8, 4) is 6.07 Å². The molecule has 1 aromatic carbocycles. The lowest BCUT2D eigenvalue weighted by Crippen LogP contribution is -2.53. The van der Waals surface area contributed by atoms with E-state index in [2.05, 4.69) is 10.6 Å². The molecule has 2 aromatic rings. The van der Waals surface area contributed by atoms with Crippen LogP contribution in [0.1, 0.15) is 28.0 Å². The molecule has 1 aromatic heterocycles. The minimum absolute atomic E-state index is 0. The Kier molecular flexibility index (Phi) is 7.30. The molecule has 10 heteroatoms. The number of carbonyl (C=O) groups is 1. The molecule has 0 radical (unpaired) electrons. The summed E-state index contributed by atoms with van der Waals surface area (Å²) in [5.41, 5.74) is 4.43. The molecule has 0 saturated carbocycles. The summed E-state index contributed by atoms with van der Waals surface area (Å²) in [4.78, 5) is 13.7. The molecule has 5 nitrogen and oxygen atoms in total. The summed E-state index contributed by atoms with van der Waals surface area (Å²) in [6, 6.07) is 7.84. The third kappa shape index (κ3) is 5.08. The number of nitrogens with zero attached hydrogens (tertiary/aromatic N) is 1. The first-order valence-corrected chi connectivity index (χ1v) is 9.56. The minimum atomic E-state index is -4.54. The number of alkyl halides is 3. The standard InChI is InChI=1S/C19H19F3N4OS.ClH/c20-19(21,22)13-3-4-15(12(8-13)10-23)18(5-6-25-11-18)26-17(27)16(24)9-14-2-1-7-28-14;/h1-4,7-8,16,25H,5-6,9,11,24H2,(H,26,27);1H/t16-,18+;/m0./s1. The fourth-order valence-electron chi connectivity index (χ4n) is 3.39. The van der Waals surface area contributed by atoms with Crippen molar-refractivity contribution in [3.05, 3.63) is 57.3 Å². The molecule has 0 aliphatic carbocycles. The number of hydrogen-bond donors (Lipinski definition) is 3. The molecule has 0 spiro atoms. The van der Waals surface area contributed by atoms with Gasteiger partial charge in [0.25, 0.3) is 0 Å². The largest absolute Gasteiger partial charge is 0.416 e. The van der Waals surface area contributed by atoms with E-state index in [0.717, 1.165) is 17.0 Å². The van der Waals surface area contributed by atoms with E-state index in [1.54, 1.807) is 0 Å². The van der Waals surface area contributed by atoms with Crippen molar-refractivity contribution in [3.63, 3.8) is 0 Å². The SMILES string of the molecule is Cl.N#Cc1cc(C(F)(F)F)ccc1[C@@]1(NC(=O)[C@@H](N)Cc2cccs2)CCNC1. The fourth-order valence-corrected chi connectivity index (χ4v) is 4.16. The molecule has 4 N–H and O–H groups in total. The van der Waals surface area contributed by atoms with Gasteiger partial charge in [-0.25, -0.2) is 0 Å². The Balaban J connectivity index is 0.00000300. The van der Waals surface area contributed by atoms with Crippen molar-refractivity contribution in [2.75, 3.05) is 13.1 Å². The summed E-state index contributed by atoms with van der Waals surface area (Å²) in [5.74, 6) is -0.402. The van der Waals surface area contributed by atoms with Crippen molar-refractivity contribution in [2.45, 2.75) is 30.6 Å². The zero-order chi connectivity index (χ0) is 20.4. The van der Waals surface area contributed by atoms with Gasteiger partial charge in [0.05, 0.1) is 28.8 Å². The van der Waals surface area contributed by atoms with E-state index >= 15 is 0 Å². The first kappa shape index (κ1) is 23.2. The van der Waals surface area contributed by atoms with E-state index < -0.39 is 29.2 Å². The highest BCUT2D eigenvalue weighted by atomic mass is 35.5. The lowest BCUT2D eigenvalue weighted by Gasteiger charge is -2.32. The van der Waals surface area contributed by atoms with Crippen LogP contribution in [-0.4, -0.2) is 25.0 Å². The van der Waals surface area contributed by atoms with Gasteiger partial charge in [0.1, 0.15) is 0 Å². The number of thiophene rings is 1. The lowest BCUT2D eigenvalue weighted by molar-refractivity contribution is -0.137. The molecule has 1 saturated heterocycles. The highest BCUT2D eigenvalue weighted by Gasteiger charge is 2.41. The Bertz CT molecular complexity index is 890. The highest BCUT2D eigenvalue weighted by molar-refractivity contribution is 7.09. The molecule has 1 aliphatic heterocycles. The molecule has 1 fully saturated rings. The fraction of sp³-hybridized carbons (Fsp3) is 0.368. The van der Waals surface area contributed by atoms with Crippen LogP contribution >= 0.6 is 23.7 Å². The minimum Gasteiger partial charge on any atom is -0.344 e. The van der Waals surface area contributed by atoms with Gasteiger partial charge in [-0.05, 0) is 42.1 Å². The smallest absolute Gasteiger partial charge is 0.344 e. The predicted octanol–water partition coefficient (Wildman–Crippen LogP) is 2.94. The van der Waals surface area contributed by atoms with E-state index in [-0.39, 0.29) is 18.0 Å². The number of nitrogens with two attached hydrogens (primary N) is 1. The van der Waals surface area contributed by atoms with Crippen LogP contribution in [-0.2, 0) is 22.9 Å². The van der Waals surface area contributed by atoms with Crippen LogP contribution in [0, 0.1) is 11.3 Å². The Morgan fingerprint density at radius 2 is 2.17 bits per heavy atom. The summed E-state index contributed by atoms with van der Waals surface area (Å²) < 4.78 is 39.0. The van der Waals surface area contributed by atoms with Crippen LogP contribution in [0.3, 0.4) is 0 Å². The maximum atomic E-state index is 13.0. The van der Waals surface area contributed by atoms with E-state index in [0.29, 0.717) is 31.5 Å². The van der Waals surface area contributed by atoms with Gasteiger partial charge in [0.15, 0.2) is 0 Å². The molecule has 1 aliphatic rings. The second-order valence-electron chi connectivity index (χ2n) is 6.76. The molecule has 1 amide bonds. The van der Waals surface area contributed by atoms with Gasteiger partial charge in [0.2, 0.25) is 5.91 Å². The third-order valence-electron chi connectivity index (χ3n) is 4.84. The van der Waals surface area contributed by atoms with Crippen molar-refractivity contribution in [1.29, 1.82) is 5.26 Å². The zero-order valence-corrected chi connectivity index (χ0v) is 16.9. The average Bonchev–Trinajstić information content (AvgIpc) is 3.33. The Morgan fingerprint density at radius 3 is 2.72 bits per heavy atom. The molecule has 2 heterocycles. The monoisotopic (exact) mass is 444 g/mol. The van der Waals surface area contributed by atoms with Gasteiger partial charge < -0.3 is 16.4 Å². The average molecular weight is 445 g/mol. The van der Waals surface area contributed by atoms with E-state index in [9.17, 15) is 23.2 Å². The first-order valence-electron chi connectivity index (χ1n) is 8.68. The molecular formula is C19H20ClF3N4OS. The summed E-state index contributed by atoms with van der Waals surface area (Å²) in [5, 5.41) is 17.3. The number of hydrogen-bond acceptors (Lipinski definition) is 5. The van der Waals surface area contributed by atoms with Crippen molar-refractivity contribution in [1.82, 2.24) is 10.6 Å². The summed E-state index contributed by atoms with van der Waals surface area (Å²) in [6.07, 6.45) is -3.73.